The highest BCUT2D eigenvalue weighted by Crippen LogP contribution is 2.60. The van der Waals surface area contributed by atoms with Crippen LogP contribution in [0, 0.1) is 5.41 Å². The van der Waals surface area contributed by atoms with Gasteiger partial charge < -0.3 is 15.2 Å². The molecule has 0 unspecified atom stereocenters. The van der Waals surface area contributed by atoms with Crippen molar-refractivity contribution in [2.45, 2.75) is 38.0 Å². The first-order valence-electron chi connectivity index (χ1n) is 9.73. The zero-order valence-electron chi connectivity index (χ0n) is 16.4. The Morgan fingerprint density at radius 3 is 2.97 bits per heavy atom. The summed E-state index contributed by atoms with van der Waals surface area (Å²) < 4.78 is 37.8. The Hall–Kier alpha value is -2.88. The molecule has 0 aromatic carbocycles. The average molecular weight is 451 g/mol. The number of fused-ring (bicyclic) bond motifs is 2. The van der Waals surface area contributed by atoms with Crippen molar-refractivity contribution in [1.29, 1.82) is 0 Å². The van der Waals surface area contributed by atoms with Crippen molar-refractivity contribution >= 4 is 34.4 Å². The first kappa shape index (κ1) is 20.0. The summed E-state index contributed by atoms with van der Waals surface area (Å²) in [7, 11) is 0. The minimum Gasteiger partial charge on any atom is -0.345 e. The van der Waals surface area contributed by atoms with Crippen LogP contribution in [0.25, 0.3) is 22.4 Å². The van der Waals surface area contributed by atoms with E-state index in [1.165, 1.54) is 6.20 Å². The van der Waals surface area contributed by atoms with Crippen LogP contribution in [0.2, 0.25) is 5.02 Å². The molecule has 2 fully saturated rings. The van der Waals surface area contributed by atoms with Crippen LogP contribution in [0.4, 0.5) is 19.0 Å². The van der Waals surface area contributed by atoms with Gasteiger partial charge in [-0.15, -0.1) is 0 Å². The molecule has 0 radical (unpaired) electrons. The van der Waals surface area contributed by atoms with Gasteiger partial charge in [0.2, 0.25) is 5.91 Å². The van der Waals surface area contributed by atoms with Crippen LogP contribution in [0.1, 0.15) is 19.8 Å². The fourth-order valence-electron chi connectivity index (χ4n) is 4.42. The summed E-state index contributed by atoms with van der Waals surface area (Å²) in [6.45, 7) is 0.687. The van der Waals surface area contributed by atoms with Crippen molar-refractivity contribution in [3.63, 3.8) is 0 Å². The lowest BCUT2D eigenvalue weighted by molar-refractivity contribution is -0.139. The van der Waals surface area contributed by atoms with Gasteiger partial charge in [0.25, 0.3) is 0 Å². The number of halogens is 4. The quantitative estimate of drug-likeness (QED) is 0.632. The predicted molar refractivity (Wildman–Crippen MR) is 109 cm³/mol. The zero-order valence-corrected chi connectivity index (χ0v) is 17.1. The van der Waals surface area contributed by atoms with Crippen molar-refractivity contribution in [2.24, 2.45) is 5.41 Å². The number of alkyl halides is 3. The number of carbonyl (C=O) groups is 1. The van der Waals surface area contributed by atoms with E-state index < -0.39 is 24.7 Å². The predicted octanol–water partition coefficient (Wildman–Crippen LogP) is 3.71. The van der Waals surface area contributed by atoms with E-state index in [2.05, 4.69) is 19.9 Å². The largest absolute Gasteiger partial charge is 0.405 e. The molecule has 7 nitrogen and oxygen atoms in total. The topological polar surface area (TPSA) is 86.8 Å². The van der Waals surface area contributed by atoms with Gasteiger partial charge in [-0.25, -0.2) is 15.0 Å². The summed E-state index contributed by atoms with van der Waals surface area (Å²) in [6.07, 6.45) is 1.72. The molecule has 3 atom stereocenters. The first-order valence-corrected chi connectivity index (χ1v) is 10.1. The lowest BCUT2D eigenvalue weighted by Gasteiger charge is -2.28. The maximum Gasteiger partial charge on any atom is 0.405 e. The van der Waals surface area contributed by atoms with Crippen LogP contribution in [0.3, 0.4) is 0 Å². The summed E-state index contributed by atoms with van der Waals surface area (Å²) in [5.74, 6) is 0.276. The summed E-state index contributed by atoms with van der Waals surface area (Å²) >= 11 is 6.08. The molecule has 5 rings (SSSR count). The Kier molecular flexibility index (Phi) is 4.40. The number of carbonyl (C=O) groups excluding carboxylic acids is 1. The molecule has 1 saturated heterocycles. The molecule has 1 saturated carbocycles. The Bertz CT molecular complexity index is 1180. The molecule has 3 aromatic rings. The smallest absolute Gasteiger partial charge is 0.345 e. The van der Waals surface area contributed by atoms with Gasteiger partial charge >= 0.3 is 6.18 Å². The second-order valence-electron chi connectivity index (χ2n) is 8.32. The molecule has 31 heavy (non-hydrogen) atoms. The van der Waals surface area contributed by atoms with E-state index >= 15 is 0 Å². The monoisotopic (exact) mass is 450 g/mol. The van der Waals surface area contributed by atoms with E-state index in [-0.39, 0.29) is 11.5 Å². The Labute approximate surface area is 180 Å². The van der Waals surface area contributed by atoms with Gasteiger partial charge in [-0.05, 0) is 30.4 Å². The number of hydrogen-bond donors (Lipinski definition) is 2. The Morgan fingerprint density at radius 1 is 1.39 bits per heavy atom. The minimum absolute atomic E-state index is 0.0518. The SMILES string of the molecule is C[C@]12C[C@H](C(=O)NCC(F)(F)F)N(c3ccnc(-c4c[nH]c5ncc(Cl)cc45)n3)[C@@H]1C2. The van der Waals surface area contributed by atoms with Crippen molar-refractivity contribution in [1.82, 2.24) is 25.3 Å². The maximum absolute atomic E-state index is 12.6. The molecule has 2 aliphatic rings. The number of H-pyrrole nitrogens is 1. The average Bonchev–Trinajstić information content (AvgIpc) is 3.07. The number of rotatable bonds is 4. The second-order valence-corrected chi connectivity index (χ2v) is 8.76. The van der Waals surface area contributed by atoms with Gasteiger partial charge in [0.1, 0.15) is 24.1 Å². The molecular formula is C20H18ClF3N6O. The first-order chi connectivity index (χ1) is 14.6. The molecule has 4 heterocycles. The normalized spacial score (nSPS) is 25.0. The van der Waals surface area contributed by atoms with Crippen molar-refractivity contribution in [2.75, 3.05) is 11.4 Å². The second kappa shape index (κ2) is 6.81. The number of piperidine rings is 1. The summed E-state index contributed by atoms with van der Waals surface area (Å²) in [4.78, 5) is 30.7. The fraction of sp³-hybridized carbons (Fsp3) is 0.400. The van der Waals surface area contributed by atoms with E-state index in [1.54, 1.807) is 24.5 Å². The van der Waals surface area contributed by atoms with Crippen LogP contribution in [0.15, 0.2) is 30.7 Å². The molecule has 0 spiro atoms. The van der Waals surface area contributed by atoms with Crippen molar-refractivity contribution < 1.29 is 18.0 Å². The van der Waals surface area contributed by atoms with Crippen LogP contribution in [-0.4, -0.2) is 50.6 Å². The lowest BCUT2D eigenvalue weighted by Crippen LogP contribution is -2.48. The van der Waals surface area contributed by atoms with E-state index in [9.17, 15) is 18.0 Å². The van der Waals surface area contributed by atoms with Gasteiger partial charge in [0.15, 0.2) is 5.82 Å². The Balaban J connectivity index is 1.47. The molecule has 0 bridgehead atoms. The zero-order chi connectivity index (χ0) is 22.0. The Morgan fingerprint density at radius 2 is 2.19 bits per heavy atom. The molecule has 3 aromatic heterocycles. The van der Waals surface area contributed by atoms with Gasteiger partial charge in [0.05, 0.1) is 5.02 Å². The lowest BCUT2D eigenvalue weighted by atomic mass is 10.0. The van der Waals surface area contributed by atoms with E-state index in [1.807, 2.05) is 17.1 Å². The highest BCUT2D eigenvalue weighted by Gasteiger charge is 2.63. The van der Waals surface area contributed by atoms with Crippen LogP contribution in [0.5, 0.6) is 0 Å². The molecular weight excluding hydrogens is 433 g/mol. The minimum atomic E-state index is -4.46. The number of nitrogens with zero attached hydrogens (tertiary/aromatic N) is 4. The fourth-order valence-corrected chi connectivity index (χ4v) is 4.58. The number of aromatic nitrogens is 4. The summed E-state index contributed by atoms with van der Waals surface area (Å²) in [6, 6.07) is 2.77. The summed E-state index contributed by atoms with van der Waals surface area (Å²) in [5.41, 5.74) is 1.22. The molecule has 162 valence electrons. The van der Waals surface area contributed by atoms with Crippen LogP contribution >= 0.6 is 11.6 Å². The van der Waals surface area contributed by atoms with Gasteiger partial charge in [-0.2, -0.15) is 13.2 Å². The third-order valence-corrected chi connectivity index (χ3v) is 6.25. The standard InChI is InChI=1S/C20H18ClF3N6O/c1-19-5-13(18(31)28-9-20(22,23)24)30(14(19)6-19)15-2-3-25-17(29-15)12-8-27-16-11(12)4-10(21)7-26-16/h2-4,7-8,13-14H,5-6,9H2,1H3,(H,26,27)(H,28,31)/t13-,14-,19-/m1/s1. The molecule has 2 N–H and O–H groups in total. The van der Waals surface area contributed by atoms with Gasteiger partial charge in [-0.1, -0.05) is 18.5 Å². The third kappa shape index (κ3) is 3.58. The molecule has 11 heteroatoms. The van der Waals surface area contributed by atoms with Crippen molar-refractivity contribution in [3.8, 4) is 11.4 Å². The van der Waals surface area contributed by atoms with Gasteiger partial charge in [0, 0.05) is 35.6 Å². The third-order valence-electron chi connectivity index (χ3n) is 6.04. The number of hydrogen-bond acceptors (Lipinski definition) is 5. The van der Waals surface area contributed by atoms with Crippen LogP contribution in [-0.2, 0) is 4.79 Å². The number of aromatic amines is 1. The number of amides is 1. The number of pyridine rings is 1. The number of nitrogens with one attached hydrogen (secondary N) is 2. The van der Waals surface area contributed by atoms with E-state index in [4.69, 9.17) is 11.6 Å². The molecule has 1 aliphatic carbocycles. The highest BCUT2D eigenvalue weighted by atomic mass is 35.5. The highest BCUT2D eigenvalue weighted by molar-refractivity contribution is 6.31. The summed E-state index contributed by atoms with van der Waals surface area (Å²) in [5, 5.41) is 3.24. The van der Waals surface area contributed by atoms with E-state index in [0.717, 1.165) is 11.8 Å². The molecule has 1 aliphatic heterocycles. The van der Waals surface area contributed by atoms with Gasteiger partial charge in [-0.3, -0.25) is 4.79 Å². The molecule has 1 amide bonds. The van der Waals surface area contributed by atoms with Crippen molar-refractivity contribution in [3.05, 3.63) is 35.7 Å². The van der Waals surface area contributed by atoms with E-state index in [0.29, 0.717) is 34.3 Å². The number of anilines is 1. The van der Waals surface area contributed by atoms with Crippen LogP contribution < -0.4 is 10.2 Å². The maximum atomic E-state index is 12.6.